The Morgan fingerprint density at radius 1 is 1.29 bits per heavy atom. The van der Waals surface area contributed by atoms with Gasteiger partial charge in [-0.15, -0.1) is 0 Å². The van der Waals surface area contributed by atoms with E-state index in [1.807, 2.05) is 6.07 Å². The number of hydrogen-bond acceptors (Lipinski definition) is 3. The summed E-state index contributed by atoms with van der Waals surface area (Å²) in [6.07, 6.45) is 3.79. The smallest absolute Gasteiger partial charge is 0.161 e. The van der Waals surface area contributed by atoms with Crippen LogP contribution in [0.5, 0.6) is 11.5 Å². The van der Waals surface area contributed by atoms with Crippen molar-refractivity contribution in [1.82, 2.24) is 0 Å². The van der Waals surface area contributed by atoms with E-state index >= 15 is 0 Å². The number of unbranched alkanes of at least 4 members (excludes halogenated alkanes) is 1. The molecular weight excluding hydrogens is 264 g/mol. The van der Waals surface area contributed by atoms with Crippen LogP contribution in [0.4, 0.5) is 0 Å². The van der Waals surface area contributed by atoms with Crippen LogP contribution in [0.1, 0.15) is 57.9 Å². The maximum atomic E-state index is 10.1. The number of rotatable bonds is 7. The second-order valence-electron chi connectivity index (χ2n) is 6.28. The average molecular weight is 292 g/mol. The first-order valence-corrected chi connectivity index (χ1v) is 8.05. The minimum absolute atomic E-state index is 0.0183. The van der Waals surface area contributed by atoms with Gasteiger partial charge in [0.25, 0.3) is 0 Å². The van der Waals surface area contributed by atoms with Gasteiger partial charge >= 0.3 is 0 Å². The molecule has 1 aromatic carbocycles. The van der Waals surface area contributed by atoms with Crippen LogP contribution in [0.2, 0.25) is 0 Å². The van der Waals surface area contributed by atoms with Crippen LogP contribution in [0.3, 0.4) is 0 Å². The molecular formula is C18H28O3. The molecule has 2 rings (SSSR count). The fourth-order valence-corrected chi connectivity index (χ4v) is 3.18. The van der Waals surface area contributed by atoms with Crippen molar-refractivity contribution in [3.05, 3.63) is 23.8 Å². The lowest BCUT2D eigenvalue weighted by atomic mass is 9.55. The summed E-state index contributed by atoms with van der Waals surface area (Å²) < 4.78 is 11.3. The summed E-state index contributed by atoms with van der Waals surface area (Å²) >= 11 is 0. The van der Waals surface area contributed by atoms with Crippen molar-refractivity contribution in [1.29, 1.82) is 0 Å². The molecule has 0 aliphatic heterocycles. The molecule has 1 N–H and O–H groups in total. The van der Waals surface area contributed by atoms with Gasteiger partial charge < -0.3 is 14.6 Å². The molecule has 0 radical (unpaired) electrons. The molecule has 0 amide bonds. The molecule has 1 saturated carbocycles. The van der Waals surface area contributed by atoms with E-state index in [1.165, 1.54) is 5.56 Å². The zero-order valence-corrected chi connectivity index (χ0v) is 13.7. The largest absolute Gasteiger partial charge is 0.493 e. The molecule has 3 nitrogen and oxygen atoms in total. The zero-order chi connectivity index (χ0) is 15.5. The van der Waals surface area contributed by atoms with Gasteiger partial charge in [-0.3, -0.25) is 0 Å². The first kappa shape index (κ1) is 16.2. The van der Waals surface area contributed by atoms with Crippen LogP contribution in [-0.2, 0) is 0 Å². The van der Waals surface area contributed by atoms with Gasteiger partial charge in [-0.05, 0) is 42.9 Å². The molecule has 118 valence electrons. The molecule has 0 aromatic heterocycles. The van der Waals surface area contributed by atoms with Crippen molar-refractivity contribution in [2.45, 2.75) is 58.5 Å². The highest BCUT2D eigenvalue weighted by molar-refractivity contribution is 5.45. The monoisotopic (exact) mass is 292 g/mol. The van der Waals surface area contributed by atoms with Crippen LogP contribution in [0, 0.1) is 5.41 Å². The third-order valence-electron chi connectivity index (χ3n) is 5.12. The molecule has 0 saturated heterocycles. The predicted molar refractivity (Wildman–Crippen MR) is 85.2 cm³/mol. The molecule has 21 heavy (non-hydrogen) atoms. The molecule has 3 heteroatoms. The Morgan fingerprint density at radius 2 is 2.05 bits per heavy atom. The quantitative estimate of drug-likeness (QED) is 0.768. The summed E-state index contributed by atoms with van der Waals surface area (Å²) in [7, 11) is 1.68. The van der Waals surface area contributed by atoms with Crippen LogP contribution in [-0.4, -0.2) is 24.9 Å². The molecule has 3 unspecified atom stereocenters. The Morgan fingerprint density at radius 3 is 2.62 bits per heavy atom. The molecule has 0 bridgehead atoms. The molecule has 1 aliphatic rings. The first-order chi connectivity index (χ1) is 10.1. The lowest BCUT2D eigenvalue weighted by Gasteiger charge is -2.51. The fraction of sp³-hybridized carbons (Fsp3) is 0.667. The zero-order valence-electron chi connectivity index (χ0n) is 13.7. The van der Waals surface area contributed by atoms with Crippen molar-refractivity contribution in [3.63, 3.8) is 0 Å². The highest BCUT2D eigenvalue weighted by Crippen LogP contribution is 2.55. The lowest BCUT2D eigenvalue weighted by molar-refractivity contribution is -0.0778. The third-order valence-corrected chi connectivity index (χ3v) is 5.12. The summed E-state index contributed by atoms with van der Waals surface area (Å²) in [5, 5.41) is 10.1. The highest BCUT2D eigenvalue weighted by atomic mass is 16.5. The van der Waals surface area contributed by atoms with E-state index in [-0.39, 0.29) is 11.5 Å². The van der Waals surface area contributed by atoms with Gasteiger partial charge in [-0.1, -0.05) is 33.3 Å². The van der Waals surface area contributed by atoms with E-state index in [0.717, 1.165) is 43.8 Å². The number of benzene rings is 1. The standard InChI is InChI=1S/C18H28O3/c1-5-7-10-21-15-9-8-13(11-16(15)20-4)14-12-17(19)18(14,3)6-2/h8-9,11,14,17,19H,5-7,10,12H2,1-4H3. The van der Waals surface area contributed by atoms with E-state index < -0.39 is 0 Å². The van der Waals surface area contributed by atoms with Crippen LogP contribution in [0.15, 0.2) is 18.2 Å². The van der Waals surface area contributed by atoms with E-state index in [2.05, 4.69) is 32.9 Å². The topological polar surface area (TPSA) is 38.7 Å². The number of ether oxygens (including phenoxy) is 2. The Bertz CT molecular complexity index is 472. The summed E-state index contributed by atoms with van der Waals surface area (Å²) in [6, 6.07) is 6.20. The summed E-state index contributed by atoms with van der Waals surface area (Å²) in [5.74, 6) is 2.01. The molecule has 3 atom stereocenters. The van der Waals surface area contributed by atoms with Crippen molar-refractivity contribution in [3.8, 4) is 11.5 Å². The molecule has 0 heterocycles. The van der Waals surface area contributed by atoms with Gasteiger partial charge in [0.05, 0.1) is 19.8 Å². The first-order valence-electron chi connectivity index (χ1n) is 8.05. The number of aliphatic hydroxyl groups excluding tert-OH is 1. The van der Waals surface area contributed by atoms with Gasteiger partial charge in [0.2, 0.25) is 0 Å². The second-order valence-corrected chi connectivity index (χ2v) is 6.28. The van der Waals surface area contributed by atoms with E-state index in [9.17, 15) is 5.11 Å². The minimum atomic E-state index is -0.195. The maximum Gasteiger partial charge on any atom is 0.161 e. The minimum Gasteiger partial charge on any atom is -0.493 e. The van der Waals surface area contributed by atoms with Gasteiger partial charge in [0.15, 0.2) is 11.5 Å². The molecule has 1 aliphatic carbocycles. The fourth-order valence-electron chi connectivity index (χ4n) is 3.18. The average Bonchev–Trinajstić information content (AvgIpc) is 2.52. The number of hydrogen-bond donors (Lipinski definition) is 1. The third kappa shape index (κ3) is 3.03. The van der Waals surface area contributed by atoms with E-state index in [1.54, 1.807) is 7.11 Å². The van der Waals surface area contributed by atoms with Crippen LogP contribution >= 0.6 is 0 Å². The van der Waals surface area contributed by atoms with E-state index in [4.69, 9.17) is 9.47 Å². The van der Waals surface area contributed by atoms with Gasteiger partial charge in [0, 0.05) is 5.41 Å². The SMILES string of the molecule is CCCCOc1ccc(C2CC(O)C2(C)CC)cc1OC. The second kappa shape index (κ2) is 6.69. The molecule has 1 aromatic rings. The lowest BCUT2D eigenvalue weighted by Crippen LogP contribution is -2.49. The molecule has 0 spiro atoms. The maximum absolute atomic E-state index is 10.1. The summed E-state index contributed by atoms with van der Waals surface area (Å²) in [4.78, 5) is 0. The van der Waals surface area contributed by atoms with Gasteiger partial charge in [0.1, 0.15) is 0 Å². The Balaban J connectivity index is 2.16. The van der Waals surface area contributed by atoms with Crippen molar-refractivity contribution >= 4 is 0 Å². The van der Waals surface area contributed by atoms with E-state index in [0.29, 0.717) is 5.92 Å². The highest BCUT2D eigenvalue weighted by Gasteiger charge is 2.50. The Labute approximate surface area is 128 Å². The predicted octanol–water partition coefficient (Wildman–Crippen LogP) is 4.14. The van der Waals surface area contributed by atoms with Crippen molar-refractivity contribution in [2.24, 2.45) is 5.41 Å². The summed E-state index contributed by atoms with van der Waals surface area (Å²) in [6.45, 7) is 7.19. The van der Waals surface area contributed by atoms with Crippen LogP contribution < -0.4 is 9.47 Å². The normalized spacial score (nSPS) is 28.0. The van der Waals surface area contributed by atoms with Crippen LogP contribution in [0.25, 0.3) is 0 Å². The number of aliphatic hydroxyl groups is 1. The Kier molecular flexibility index (Phi) is 5.15. The summed E-state index contributed by atoms with van der Waals surface area (Å²) in [5.41, 5.74) is 1.22. The Hall–Kier alpha value is -1.22. The molecule has 1 fully saturated rings. The van der Waals surface area contributed by atoms with Crippen molar-refractivity contribution in [2.75, 3.05) is 13.7 Å². The van der Waals surface area contributed by atoms with Gasteiger partial charge in [-0.25, -0.2) is 0 Å². The van der Waals surface area contributed by atoms with Crippen molar-refractivity contribution < 1.29 is 14.6 Å². The number of methoxy groups -OCH3 is 1. The van der Waals surface area contributed by atoms with Gasteiger partial charge in [-0.2, -0.15) is 0 Å².